The lowest BCUT2D eigenvalue weighted by molar-refractivity contribution is -0.142. The Morgan fingerprint density at radius 3 is 2.12 bits per heavy atom. The second-order valence-electron chi connectivity index (χ2n) is 6.37. The minimum atomic E-state index is -1.21. The van der Waals surface area contributed by atoms with E-state index in [1.165, 1.54) is 0 Å². The first-order valence-electron chi connectivity index (χ1n) is 6.32. The fourth-order valence-corrected chi connectivity index (χ4v) is 2.90. The third-order valence-electron chi connectivity index (χ3n) is 3.78. The Hall–Kier alpha value is -0.600. The van der Waals surface area contributed by atoms with Crippen LogP contribution in [0.4, 0.5) is 4.39 Å². The third-order valence-corrected chi connectivity index (χ3v) is 3.78. The van der Waals surface area contributed by atoms with E-state index in [-0.39, 0.29) is 11.3 Å². The largest absolute Gasteiger partial charge is 0.342 e. The molecule has 0 N–H and O–H groups in total. The molecule has 1 aliphatic carbocycles. The van der Waals surface area contributed by atoms with Gasteiger partial charge >= 0.3 is 0 Å². The Morgan fingerprint density at radius 1 is 1.25 bits per heavy atom. The van der Waals surface area contributed by atoms with Gasteiger partial charge in [0.25, 0.3) is 0 Å². The lowest BCUT2D eigenvalue weighted by atomic mass is 9.75. The molecule has 0 aromatic heterocycles. The summed E-state index contributed by atoms with van der Waals surface area (Å²) < 4.78 is 14.3. The quantitative estimate of drug-likeness (QED) is 0.710. The Kier molecular flexibility index (Phi) is 2.75. The van der Waals surface area contributed by atoms with Crippen molar-refractivity contribution < 1.29 is 9.18 Å². The molecule has 0 spiro atoms. The normalized spacial score (nSPS) is 25.6. The summed E-state index contributed by atoms with van der Waals surface area (Å²) in [5, 5.41) is 0. The number of halogens is 1. The molecule has 0 aromatic rings. The summed E-state index contributed by atoms with van der Waals surface area (Å²) in [6.45, 7) is 7.57. The first kappa shape index (κ1) is 11.9. The average molecular weight is 227 g/mol. The number of amides is 1. The van der Waals surface area contributed by atoms with E-state index in [4.69, 9.17) is 0 Å². The molecule has 2 nitrogen and oxygen atoms in total. The van der Waals surface area contributed by atoms with Gasteiger partial charge in [-0.1, -0.05) is 20.8 Å². The smallest absolute Gasteiger partial charge is 0.229 e. The predicted octanol–water partition coefficient (Wildman–Crippen LogP) is 2.77. The van der Waals surface area contributed by atoms with Crippen LogP contribution in [0.2, 0.25) is 0 Å². The number of rotatable bonds is 2. The van der Waals surface area contributed by atoms with E-state index >= 15 is 0 Å². The zero-order chi connectivity index (χ0) is 12.0. The molecule has 1 atom stereocenters. The zero-order valence-electron chi connectivity index (χ0n) is 10.6. The molecule has 1 saturated heterocycles. The van der Waals surface area contributed by atoms with Gasteiger partial charge in [0, 0.05) is 13.1 Å². The van der Waals surface area contributed by atoms with E-state index in [0.717, 1.165) is 25.9 Å². The van der Waals surface area contributed by atoms with E-state index in [0.29, 0.717) is 12.8 Å². The van der Waals surface area contributed by atoms with E-state index in [1.54, 1.807) is 0 Å². The van der Waals surface area contributed by atoms with Gasteiger partial charge in [-0.2, -0.15) is 0 Å². The molecule has 2 fully saturated rings. The highest BCUT2D eigenvalue weighted by molar-refractivity contribution is 5.81. The zero-order valence-corrected chi connectivity index (χ0v) is 10.6. The molecule has 0 bridgehead atoms. The van der Waals surface area contributed by atoms with Crippen molar-refractivity contribution in [3.05, 3.63) is 0 Å². The predicted molar refractivity (Wildman–Crippen MR) is 61.8 cm³/mol. The van der Waals surface area contributed by atoms with Gasteiger partial charge in [0.1, 0.15) is 5.67 Å². The summed E-state index contributed by atoms with van der Waals surface area (Å²) in [7, 11) is 0. The number of likely N-dealkylation sites (tertiary alicyclic amines) is 1. The van der Waals surface area contributed by atoms with E-state index in [1.807, 2.05) is 25.7 Å². The lowest BCUT2D eigenvalue weighted by Gasteiger charge is -2.35. The Balaban J connectivity index is 2.15. The molecule has 0 radical (unpaired) electrons. The molecule has 92 valence electrons. The van der Waals surface area contributed by atoms with Crippen molar-refractivity contribution in [3.8, 4) is 0 Å². The van der Waals surface area contributed by atoms with Crippen molar-refractivity contribution in [3.63, 3.8) is 0 Å². The Bertz CT molecular complexity index is 280. The maximum atomic E-state index is 14.3. The molecule has 2 aliphatic rings. The van der Waals surface area contributed by atoms with Gasteiger partial charge in [-0.15, -0.1) is 0 Å². The van der Waals surface area contributed by atoms with Gasteiger partial charge < -0.3 is 4.90 Å². The summed E-state index contributed by atoms with van der Waals surface area (Å²) in [5.41, 5.74) is -1.48. The van der Waals surface area contributed by atoms with Gasteiger partial charge in [-0.3, -0.25) is 4.79 Å². The third kappa shape index (κ3) is 2.09. The molecular weight excluding hydrogens is 205 g/mol. The maximum absolute atomic E-state index is 14.3. The van der Waals surface area contributed by atoms with E-state index in [2.05, 4.69) is 0 Å². The van der Waals surface area contributed by atoms with Crippen LogP contribution in [0.3, 0.4) is 0 Å². The summed E-state index contributed by atoms with van der Waals surface area (Å²) in [5.74, 6) is -0.400. The highest BCUT2D eigenvalue weighted by Gasteiger charge is 2.58. The number of nitrogens with zero attached hydrogens (tertiary/aromatic N) is 1. The summed E-state index contributed by atoms with van der Waals surface area (Å²) >= 11 is 0. The monoisotopic (exact) mass is 227 g/mol. The molecule has 3 heteroatoms. The van der Waals surface area contributed by atoms with Crippen LogP contribution in [0.1, 0.15) is 46.5 Å². The second-order valence-corrected chi connectivity index (χ2v) is 6.37. The Labute approximate surface area is 97.2 Å². The molecule has 0 aromatic carbocycles. The van der Waals surface area contributed by atoms with Crippen molar-refractivity contribution in [1.82, 2.24) is 4.90 Å². The van der Waals surface area contributed by atoms with E-state index in [9.17, 15) is 9.18 Å². The average Bonchev–Trinajstić information content (AvgIpc) is 2.69. The van der Waals surface area contributed by atoms with Crippen molar-refractivity contribution in [2.75, 3.05) is 13.1 Å². The van der Waals surface area contributed by atoms with Crippen molar-refractivity contribution in [2.45, 2.75) is 52.1 Å². The standard InChI is InChI=1S/C13H22FNO/c1-12(2,3)10(13(14)6-7-13)11(16)15-8-4-5-9-15/h10H,4-9H2,1-3H3. The molecule has 1 heterocycles. The number of hydrogen-bond acceptors (Lipinski definition) is 1. The van der Waals surface area contributed by atoms with Crippen LogP contribution >= 0.6 is 0 Å². The number of alkyl halides is 1. The first-order chi connectivity index (χ1) is 7.34. The number of carbonyl (C=O) groups is 1. The van der Waals surface area contributed by atoms with Crippen LogP contribution in [0.5, 0.6) is 0 Å². The number of hydrogen-bond donors (Lipinski definition) is 0. The van der Waals surface area contributed by atoms with Crippen LogP contribution in [0.25, 0.3) is 0 Å². The minimum Gasteiger partial charge on any atom is -0.342 e. The first-order valence-corrected chi connectivity index (χ1v) is 6.32. The highest BCUT2D eigenvalue weighted by Crippen LogP contribution is 2.53. The van der Waals surface area contributed by atoms with Crippen molar-refractivity contribution in [1.29, 1.82) is 0 Å². The van der Waals surface area contributed by atoms with Gasteiger partial charge in [0.15, 0.2) is 0 Å². The van der Waals surface area contributed by atoms with Gasteiger partial charge in [-0.25, -0.2) is 4.39 Å². The fourth-order valence-electron chi connectivity index (χ4n) is 2.90. The lowest BCUT2D eigenvalue weighted by Crippen LogP contribution is -2.45. The second kappa shape index (κ2) is 3.71. The molecule has 1 saturated carbocycles. The molecule has 1 unspecified atom stereocenters. The van der Waals surface area contributed by atoms with Crippen LogP contribution in [-0.2, 0) is 4.79 Å². The summed E-state index contributed by atoms with van der Waals surface area (Å²) in [6, 6.07) is 0. The maximum Gasteiger partial charge on any atom is 0.229 e. The summed E-state index contributed by atoms with van der Waals surface area (Å²) in [6.07, 6.45) is 3.27. The van der Waals surface area contributed by atoms with Crippen LogP contribution in [0.15, 0.2) is 0 Å². The van der Waals surface area contributed by atoms with Crippen molar-refractivity contribution in [2.24, 2.45) is 11.3 Å². The van der Waals surface area contributed by atoms with Crippen molar-refractivity contribution >= 4 is 5.91 Å². The highest BCUT2D eigenvalue weighted by atomic mass is 19.1. The van der Waals surface area contributed by atoms with Crippen LogP contribution in [0, 0.1) is 11.3 Å². The van der Waals surface area contributed by atoms with Gasteiger partial charge in [0.2, 0.25) is 5.91 Å². The molecule has 1 aliphatic heterocycles. The fraction of sp³-hybridized carbons (Fsp3) is 0.923. The molecular formula is C13H22FNO. The summed E-state index contributed by atoms with van der Waals surface area (Å²) in [4.78, 5) is 14.2. The van der Waals surface area contributed by atoms with E-state index < -0.39 is 11.6 Å². The molecule has 1 amide bonds. The van der Waals surface area contributed by atoms with Gasteiger partial charge in [-0.05, 0) is 31.1 Å². The topological polar surface area (TPSA) is 20.3 Å². The van der Waals surface area contributed by atoms with Crippen LogP contribution in [-0.4, -0.2) is 29.6 Å². The molecule has 16 heavy (non-hydrogen) atoms. The molecule has 2 rings (SSSR count). The number of carbonyl (C=O) groups excluding carboxylic acids is 1. The Morgan fingerprint density at radius 2 is 1.75 bits per heavy atom. The SMILES string of the molecule is CC(C)(C)C(C(=O)N1CCCC1)C1(F)CC1. The minimum absolute atomic E-state index is 0.0463. The van der Waals surface area contributed by atoms with Gasteiger partial charge in [0.05, 0.1) is 5.92 Å². The van der Waals surface area contributed by atoms with Crippen LogP contribution < -0.4 is 0 Å².